The summed E-state index contributed by atoms with van der Waals surface area (Å²) in [5, 5.41) is 0.598. The Labute approximate surface area is 244 Å². The van der Waals surface area contributed by atoms with E-state index in [-0.39, 0.29) is 10.7 Å². The van der Waals surface area contributed by atoms with Crippen LogP contribution in [0.3, 0.4) is 0 Å². The summed E-state index contributed by atoms with van der Waals surface area (Å²) in [6.07, 6.45) is 1.65. The summed E-state index contributed by atoms with van der Waals surface area (Å²) in [6.45, 7) is 7.89. The van der Waals surface area contributed by atoms with E-state index in [1.807, 2.05) is 92.9 Å². The highest BCUT2D eigenvalue weighted by molar-refractivity contribution is 7.81. The van der Waals surface area contributed by atoms with Gasteiger partial charge in [-0.2, -0.15) is 0 Å². The molecule has 3 aromatic carbocycles. The van der Waals surface area contributed by atoms with Crippen LogP contribution in [-0.2, 0) is 9.59 Å². The molecule has 1 aromatic heterocycles. The Kier molecular flexibility index (Phi) is 7.36. The average Bonchev–Trinajstić information content (AvgIpc) is 3.21. The maximum atomic E-state index is 14.0. The number of ether oxygens (including phenoxy) is 1. The lowest BCUT2D eigenvalue weighted by molar-refractivity contribution is -0.120. The van der Waals surface area contributed by atoms with Crippen LogP contribution >= 0.6 is 23.8 Å². The summed E-state index contributed by atoms with van der Waals surface area (Å²) in [5.41, 5.74) is 6.67. The van der Waals surface area contributed by atoms with Gasteiger partial charge in [-0.05, 0) is 111 Å². The zero-order chi connectivity index (χ0) is 28.7. The molecule has 2 amide bonds. The molecule has 202 valence electrons. The Morgan fingerprint density at radius 3 is 2.05 bits per heavy atom. The fraction of sp³-hybridized carbons (Fsp3) is 0.156. The van der Waals surface area contributed by atoms with Gasteiger partial charge in [-0.3, -0.25) is 19.4 Å². The number of carbonyl (C=O) groups is 2. The largest absolute Gasteiger partial charge is 0.495 e. The van der Waals surface area contributed by atoms with Crippen LogP contribution in [0.5, 0.6) is 5.75 Å². The standard InChI is InChI=1S/C32H28ClN3O3S/c1-19-11-12-25(15-20(19)2)36-31(38)27(30(37)35(32(36)40)24-9-7-6-8-10-24)17-23-16-21(3)34(22(23)4)26-13-14-29(39-5)28(33)18-26/h6-18H,1-5H3/b27-17-. The van der Waals surface area contributed by atoms with E-state index in [9.17, 15) is 9.59 Å². The molecule has 0 radical (unpaired) electrons. The molecule has 0 unspecified atom stereocenters. The van der Waals surface area contributed by atoms with Crippen molar-refractivity contribution in [2.45, 2.75) is 27.7 Å². The molecule has 1 aliphatic rings. The first-order valence-corrected chi connectivity index (χ1v) is 13.5. The number of halogens is 1. The van der Waals surface area contributed by atoms with Crippen molar-refractivity contribution in [3.05, 3.63) is 111 Å². The summed E-state index contributed by atoms with van der Waals surface area (Å²) in [6, 6.07) is 22.3. The lowest BCUT2D eigenvalue weighted by atomic mass is 10.0. The Morgan fingerprint density at radius 2 is 1.43 bits per heavy atom. The maximum Gasteiger partial charge on any atom is 0.270 e. The highest BCUT2D eigenvalue weighted by Crippen LogP contribution is 2.33. The Balaban J connectivity index is 1.65. The highest BCUT2D eigenvalue weighted by atomic mass is 35.5. The van der Waals surface area contributed by atoms with Crippen LogP contribution < -0.4 is 14.5 Å². The van der Waals surface area contributed by atoms with Gasteiger partial charge in [-0.15, -0.1) is 0 Å². The molecule has 8 heteroatoms. The summed E-state index contributed by atoms with van der Waals surface area (Å²) >= 11 is 12.2. The van der Waals surface area contributed by atoms with Gasteiger partial charge in [-0.25, -0.2) is 0 Å². The average molecular weight is 570 g/mol. The van der Waals surface area contributed by atoms with Crippen molar-refractivity contribution >= 4 is 58.2 Å². The van der Waals surface area contributed by atoms with E-state index in [2.05, 4.69) is 0 Å². The molecular weight excluding hydrogens is 542 g/mol. The first kappa shape index (κ1) is 27.4. The van der Waals surface area contributed by atoms with Crippen LogP contribution in [0.2, 0.25) is 5.02 Å². The molecule has 1 saturated heterocycles. The van der Waals surface area contributed by atoms with Crippen molar-refractivity contribution in [2.24, 2.45) is 0 Å². The number of rotatable bonds is 5. The number of para-hydroxylation sites is 1. The van der Waals surface area contributed by atoms with E-state index in [0.717, 1.165) is 33.8 Å². The predicted octanol–water partition coefficient (Wildman–Crippen LogP) is 7.12. The minimum absolute atomic E-state index is 0.0173. The number of thiocarbonyl (C=S) groups is 1. The lowest BCUT2D eigenvalue weighted by Crippen LogP contribution is -2.57. The third-order valence-corrected chi connectivity index (χ3v) is 7.84. The van der Waals surface area contributed by atoms with Crippen LogP contribution in [0.1, 0.15) is 28.1 Å². The van der Waals surface area contributed by atoms with Crippen molar-refractivity contribution in [1.82, 2.24) is 4.57 Å². The second kappa shape index (κ2) is 10.8. The van der Waals surface area contributed by atoms with E-state index < -0.39 is 11.8 Å². The Hall–Kier alpha value is -4.20. The molecule has 0 N–H and O–H groups in total. The molecule has 1 aliphatic heterocycles. The van der Waals surface area contributed by atoms with E-state index in [1.165, 1.54) is 9.80 Å². The number of anilines is 2. The number of methoxy groups -OCH3 is 1. The molecule has 0 atom stereocenters. The van der Waals surface area contributed by atoms with Crippen molar-refractivity contribution in [1.29, 1.82) is 0 Å². The molecule has 5 rings (SSSR count). The topological polar surface area (TPSA) is 54.8 Å². The van der Waals surface area contributed by atoms with Gasteiger partial charge in [-0.1, -0.05) is 35.9 Å². The summed E-state index contributed by atoms with van der Waals surface area (Å²) in [4.78, 5) is 30.8. The molecule has 40 heavy (non-hydrogen) atoms. The van der Waals surface area contributed by atoms with Crippen LogP contribution in [0.15, 0.2) is 78.4 Å². The number of benzene rings is 3. The molecule has 1 fully saturated rings. The minimum Gasteiger partial charge on any atom is -0.495 e. The van der Waals surface area contributed by atoms with E-state index in [1.54, 1.807) is 25.3 Å². The lowest BCUT2D eigenvalue weighted by Gasteiger charge is -2.36. The first-order chi connectivity index (χ1) is 19.1. The van der Waals surface area contributed by atoms with Gasteiger partial charge in [0.2, 0.25) is 0 Å². The number of aromatic nitrogens is 1. The van der Waals surface area contributed by atoms with Crippen LogP contribution in [0.25, 0.3) is 11.8 Å². The number of amides is 2. The predicted molar refractivity (Wildman–Crippen MR) is 165 cm³/mol. The number of carbonyl (C=O) groups excluding carboxylic acids is 2. The smallest absolute Gasteiger partial charge is 0.270 e. The molecular formula is C32H28ClN3O3S. The summed E-state index contributed by atoms with van der Waals surface area (Å²) in [5.74, 6) is -0.363. The van der Waals surface area contributed by atoms with Crippen molar-refractivity contribution < 1.29 is 14.3 Å². The van der Waals surface area contributed by atoms with E-state index in [4.69, 9.17) is 28.6 Å². The van der Waals surface area contributed by atoms with Gasteiger partial charge < -0.3 is 9.30 Å². The number of aryl methyl sites for hydroxylation is 3. The molecule has 0 aliphatic carbocycles. The van der Waals surface area contributed by atoms with Gasteiger partial charge >= 0.3 is 0 Å². The Morgan fingerprint density at radius 1 is 0.775 bits per heavy atom. The highest BCUT2D eigenvalue weighted by Gasteiger charge is 2.41. The number of nitrogens with zero attached hydrogens (tertiary/aromatic N) is 3. The first-order valence-electron chi connectivity index (χ1n) is 12.7. The molecule has 4 aromatic rings. The zero-order valence-corrected chi connectivity index (χ0v) is 24.4. The van der Waals surface area contributed by atoms with Gasteiger partial charge in [0.15, 0.2) is 5.11 Å². The van der Waals surface area contributed by atoms with Crippen molar-refractivity contribution in [3.8, 4) is 11.4 Å². The van der Waals surface area contributed by atoms with Gasteiger partial charge in [0, 0.05) is 17.1 Å². The minimum atomic E-state index is -0.474. The normalized spacial score (nSPS) is 14.8. The monoisotopic (exact) mass is 569 g/mol. The zero-order valence-electron chi connectivity index (χ0n) is 22.9. The van der Waals surface area contributed by atoms with Crippen LogP contribution in [-0.4, -0.2) is 28.6 Å². The second-order valence-electron chi connectivity index (χ2n) is 9.71. The van der Waals surface area contributed by atoms with Gasteiger partial charge in [0.05, 0.1) is 23.5 Å². The van der Waals surface area contributed by atoms with Crippen molar-refractivity contribution in [2.75, 3.05) is 16.9 Å². The molecule has 0 saturated carbocycles. The molecule has 6 nitrogen and oxygen atoms in total. The van der Waals surface area contributed by atoms with Crippen molar-refractivity contribution in [3.63, 3.8) is 0 Å². The fourth-order valence-electron chi connectivity index (χ4n) is 4.91. The van der Waals surface area contributed by atoms with Gasteiger partial charge in [0.1, 0.15) is 11.3 Å². The summed E-state index contributed by atoms with van der Waals surface area (Å²) in [7, 11) is 1.57. The third kappa shape index (κ3) is 4.72. The molecule has 0 bridgehead atoms. The van der Waals surface area contributed by atoms with Gasteiger partial charge in [0.25, 0.3) is 11.8 Å². The maximum absolute atomic E-state index is 14.0. The van der Waals surface area contributed by atoms with E-state index >= 15 is 0 Å². The molecule has 0 spiro atoms. The van der Waals surface area contributed by atoms with Crippen LogP contribution in [0, 0.1) is 27.7 Å². The quantitative estimate of drug-likeness (QED) is 0.146. The Bertz CT molecular complexity index is 1710. The SMILES string of the molecule is COc1ccc(-n2c(C)cc(/C=C3/C(=O)N(c4ccccc4)C(=S)N(c4ccc(C)c(C)c4)C3=O)c2C)cc1Cl. The number of hydrogen-bond donors (Lipinski definition) is 0. The fourth-order valence-corrected chi connectivity index (χ4v) is 5.54. The molecule has 2 heterocycles. The second-order valence-corrected chi connectivity index (χ2v) is 10.5. The van der Waals surface area contributed by atoms with Crippen LogP contribution in [0.4, 0.5) is 11.4 Å². The van der Waals surface area contributed by atoms with E-state index in [0.29, 0.717) is 22.1 Å². The summed E-state index contributed by atoms with van der Waals surface area (Å²) < 4.78 is 7.32. The number of hydrogen-bond acceptors (Lipinski definition) is 4. The third-order valence-electron chi connectivity index (χ3n) is 7.18.